The lowest BCUT2D eigenvalue weighted by Gasteiger charge is -2.14. The summed E-state index contributed by atoms with van der Waals surface area (Å²) in [6.45, 7) is 8.89. The Bertz CT molecular complexity index is 602. The Morgan fingerprint density at radius 1 is 1.05 bits per heavy atom. The minimum atomic E-state index is -0.147. The van der Waals surface area contributed by atoms with E-state index in [0.717, 1.165) is 17.7 Å². The van der Waals surface area contributed by atoms with Crippen LogP contribution in [0.3, 0.4) is 0 Å². The highest BCUT2D eigenvalue weighted by atomic mass is 19.1. The standard InChI is InChI=1S/C18H22FN/c1-12(2)20-11-16-7-5-13(3)9-17(16)15-8-6-14(4)18(19)10-15/h5-10,12,20H,11H2,1-4H3. The first kappa shape index (κ1) is 14.7. The minimum absolute atomic E-state index is 0.147. The molecule has 0 saturated carbocycles. The van der Waals surface area contributed by atoms with E-state index in [0.29, 0.717) is 11.6 Å². The van der Waals surface area contributed by atoms with Gasteiger partial charge in [-0.3, -0.25) is 0 Å². The van der Waals surface area contributed by atoms with Crippen LogP contribution in [0.2, 0.25) is 0 Å². The lowest BCUT2D eigenvalue weighted by Crippen LogP contribution is -2.22. The molecule has 0 heterocycles. The smallest absolute Gasteiger partial charge is 0.126 e. The van der Waals surface area contributed by atoms with Crippen LogP contribution >= 0.6 is 0 Å². The van der Waals surface area contributed by atoms with Crippen molar-refractivity contribution < 1.29 is 4.39 Å². The van der Waals surface area contributed by atoms with Gasteiger partial charge in [0, 0.05) is 12.6 Å². The summed E-state index contributed by atoms with van der Waals surface area (Å²) >= 11 is 0. The third-order valence-corrected chi connectivity index (χ3v) is 3.45. The third-order valence-electron chi connectivity index (χ3n) is 3.45. The largest absolute Gasteiger partial charge is 0.310 e. The van der Waals surface area contributed by atoms with Gasteiger partial charge in [-0.25, -0.2) is 4.39 Å². The number of hydrogen-bond donors (Lipinski definition) is 1. The zero-order valence-corrected chi connectivity index (χ0v) is 12.6. The van der Waals surface area contributed by atoms with E-state index in [1.165, 1.54) is 11.1 Å². The van der Waals surface area contributed by atoms with E-state index >= 15 is 0 Å². The summed E-state index contributed by atoms with van der Waals surface area (Å²) in [5, 5.41) is 3.42. The van der Waals surface area contributed by atoms with Gasteiger partial charge in [-0.05, 0) is 42.2 Å². The van der Waals surface area contributed by atoms with E-state index in [2.05, 4.69) is 44.3 Å². The zero-order valence-electron chi connectivity index (χ0n) is 12.6. The predicted molar refractivity (Wildman–Crippen MR) is 83.3 cm³/mol. The molecule has 0 aliphatic heterocycles. The average Bonchev–Trinajstić information content (AvgIpc) is 2.40. The van der Waals surface area contributed by atoms with E-state index in [4.69, 9.17) is 0 Å². The number of benzene rings is 2. The number of halogens is 1. The molecule has 20 heavy (non-hydrogen) atoms. The van der Waals surface area contributed by atoms with Crippen molar-refractivity contribution >= 4 is 0 Å². The van der Waals surface area contributed by atoms with Crippen LogP contribution in [-0.4, -0.2) is 6.04 Å². The average molecular weight is 271 g/mol. The first-order valence-electron chi connectivity index (χ1n) is 7.07. The fourth-order valence-electron chi connectivity index (χ4n) is 2.19. The summed E-state index contributed by atoms with van der Waals surface area (Å²) in [5.41, 5.74) is 5.12. The van der Waals surface area contributed by atoms with E-state index in [1.807, 2.05) is 12.1 Å². The number of hydrogen-bond acceptors (Lipinski definition) is 1. The number of rotatable bonds is 4. The predicted octanol–water partition coefficient (Wildman–Crippen LogP) is 4.61. The molecule has 0 fully saturated rings. The van der Waals surface area contributed by atoms with Crippen LogP contribution in [0.15, 0.2) is 36.4 Å². The third kappa shape index (κ3) is 3.45. The second-order valence-corrected chi connectivity index (χ2v) is 5.66. The van der Waals surface area contributed by atoms with Crippen molar-refractivity contribution in [1.29, 1.82) is 0 Å². The van der Waals surface area contributed by atoms with Crippen molar-refractivity contribution in [2.24, 2.45) is 0 Å². The maximum atomic E-state index is 13.8. The minimum Gasteiger partial charge on any atom is -0.310 e. The lowest BCUT2D eigenvalue weighted by atomic mass is 9.96. The van der Waals surface area contributed by atoms with Gasteiger partial charge in [0.05, 0.1) is 0 Å². The molecule has 2 aromatic rings. The van der Waals surface area contributed by atoms with Gasteiger partial charge in [0.1, 0.15) is 5.82 Å². The summed E-state index contributed by atoms with van der Waals surface area (Å²) in [6.07, 6.45) is 0. The Morgan fingerprint density at radius 2 is 1.80 bits per heavy atom. The first-order chi connectivity index (χ1) is 9.47. The fourth-order valence-corrected chi connectivity index (χ4v) is 2.19. The summed E-state index contributed by atoms with van der Waals surface area (Å²) in [7, 11) is 0. The maximum absolute atomic E-state index is 13.8. The van der Waals surface area contributed by atoms with Gasteiger partial charge in [0.25, 0.3) is 0 Å². The molecule has 0 aliphatic carbocycles. The number of nitrogens with one attached hydrogen (secondary N) is 1. The summed E-state index contributed by atoms with van der Waals surface area (Å²) in [4.78, 5) is 0. The quantitative estimate of drug-likeness (QED) is 0.856. The van der Waals surface area contributed by atoms with Crippen molar-refractivity contribution in [3.8, 4) is 11.1 Å². The van der Waals surface area contributed by atoms with Gasteiger partial charge in [0.15, 0.2) is 0 Å². The van der Waals surface area contributed by atoms with E-state index in [1.54, 1.807) is 13.0 Å². The zero-order chi connectivity index (χ0) is 14.7. The van der Waals surface area contributed by atoms with Gasteiger partial charge in [0.2, 0.25) is 0 Å². The molecular weight excluding hydrogens is 249 g/mol. The maximum Gasteiger partial charge on any atom is 0.126 e. The SMILES string of the molecule is Cc1ccc(CNC(C)C)c(-c2ccc(C)c(F)c2)c1. The van der Waals surface area contributed by atoms with Crippen LogP contribution in [0.25, 0.3) is 11.1 Å². The van der Waals surface area contributed by atoms with E-state index < -0.39 is 0 Å². The Hall–Kier alpha value is -1.67. The Balaban J connectivity index is 2.42. The lowest BCUT2D eigenvalue weighted by molar-refractivity contribution is 0.589. The van der Waals surface area contributed by atoms with Crippen molar-refractivity contribution in [3.63, 3.8) is 0 Å². The van der Waals surface area contributed by atoms with E-state index in [-0.39, 0.29) is 5.82 Å². The summed E-state index contributed by atoms with van der Waals surface area (Å²) in [5.74, 6) is -0.147. The second kappa shape index (κ2) is 6.19. The molecule has 0 spiro atoms. The van der Waals surface area contributed by atoms with Crippen LogP contribution in [0.5, 0.6) is 0 Å². The van der Waals surface area contributed by atoms with Crippen LogP contribution in [-0.2, 0) is 6.54 Å². The summed E-state index contributed by atoms with van der Waals surface area (Å²) in [6, 6.07) is 12.2. The molecule has 0 unspecified atom stereocenters. The van der Waals surface area contributed by atoms with Gasteiger partial charge in [-0.2, -0.15) is 0 Å². The Kier molecular flexibility index (Phi) is 4.56. The van der Waals surface area contributed by atoms with Gasteiger partial charge < -0.3 is 5.32 Å². The number of aryl methyl sites for hydroxylation is 2. The second-order valence-electron chi connectivity index (χ2n) is 5.66. The monoisotopic (exact) mass is 271 g/mol. The molecule has 1 N–H and O–H groups in total. The molecule has 0 aromatic heterocycles. The summed E-state index contributed by atoms with van der Waals surface area (Å²) < 4.78 is 13.8. The molecule has 0 atom stereocenters. The molecular formula is C18H22FN. The van der Waals surface area contributed by atoms with Crippen molar-refractivity contribution in [2.75, 3.05) is 0 Å². The molecule has 0 saturated heterocycles. The van der Waals surface area contributed by atoms with Crippen molar-refractivity contribution in [2.45, 2.75) is 40.3 Å². The Labute approximate surface area is 120 Å². The van der Waals surface area contributed by atoms with Crippen LogP contribution in [0, 0.1) is 19.7 Å². The molecule has 2 aromatic carbocycles. The van der Waals surface area contributed by atoms with E-state index in [9.17, 15) is 4.39 Å². The first-order valence-corrected chi connectivity index (χ1v) is 7.07. The molecule has 106 valence electrons. The highest BCUT2D eigenvalue weighted by molar-refractivity contribution is 5.68. The molecule has 0 bridgehead atoms. The molecule has 2 rings (SSSR count). The van der Waals surface area contributed by atoms with Crippen LogP contribution < -0.4 is 5.32 Å². The fraction of sp³-hybridized carbons (Fsp3) is 0.333. The highest BCUT2D eigenvalue weighted by Crippen LogP contribution is 2.26. The molecule has 0 aliphatic rings. The van der Waals surface area contributed by atoms with Crippen molar-refractivity contribution in [3.05, 3.63) is 58.9 Å². The highest BCUT2D eigenvalue weighted by Gasteiger charge is 2.08. The van der Waals surface area contributed by atoms with Crippen molar-refractivity contribution in [1.82, 2.24) is 5.32 Å². The molecule has 2 heteroatoms. The molecule has 1 nitrogen and oxygen atoms in total. The normalized spacial score (nSPS) is 11.1. The topological polar surface area (TPSA) is 12.0 Å². The van der Waals surface area contributed by atoms with Gasteiger partial charge in [-0.1, -0.05) is 49.7 Å². The molecule has 0 amide bonds. The Morgan fingerprint density at radius 3 is 2.45 bits per heavy atom. The van der Waals surface area contributed by atoms with Gasteiger partial charge in [-0.15, -0.1) is 0 Å². The van der Waals surface area contributed by atoms with Crippen LogP contribution in [0.4, 0.5) is 4.39 Å². The van der Waals surface area contributed by atoms with Gasteiger partial charge >= 0.3 is 0 Å². The molecule has 0 radical (unpaired) electrons. The van der Waals surface area contributed by atoms with Crippen LogP contribution in [0.1, 0.15) is 30.5 Å².